The molecule has 0 radical (unpaired) electrons. The van der Waals surface area contributed by atoms with Crippen molar-refractivity contribution in [1.82, 2.24) is 14.8 Å². The van der Waals surface area contributed by atoms with Gasteiger partial charge in [0.2, 0.25) is 4.73 Å². The van der Waals surface area contributed by atoms with Crippen LogP contribution >= 0.6 is 15.9 Å². The van der Waals surface area contributed by atoms with Crippen LogP contribution in [0, 0.1) is 0 Å². The number of nitrogens with zero attached hydrogens (tertiary/aromatic N) is 3. The van der Waals surface area contributed by atoms with Crippen molar-refractivity contribution in [2.45, 2.75) is 25.5 Å². The Bertz CT molecular complexity index is 257. The predicted octanol–water partition coefficient (Wildman–Crippen LogP) is 1.74. The molecule has 2 heterocycles. The van der Waals surface area contributed by atoms with Crippen molar-refractivity contribution in [1.29, 1.82) is 0 Å². The van der Waals surface area contributed by atoms with Crippen molar-refractivity contribution in [2.75, 3.05) is 6.61 Å². The molecule has 0 spiro atoms. The van der Waals surface area contributed by atoms with Gasteiger partial charge in [0.15, 0.2) is 0 Å². The minimum Gasteiger partial charge on any atom is -0.358 e. The summed E-state index contributed by atoms with van der Waals surface area (Å²) in [5.74, 6) is 0. The Labute approximate surface area is 79.1 Å². The Morgan fingerprint density at radius 1 is 1.58 bits per heavy atom. The van der Waals surface area contributed by atoms with Crippen molar-refractivity contribution in [2.24, 2.45) is 0 Å². The number of aromatic nitrogens is 3. The minimum absolute atomic E-state index is 0.128. The minimum atomic E-state index is 0.128. The number of rotatable bonds is 1. The third kappa shape index (κ3) is 1.51. The molecular weight excluding hydrogens is 222 g/mol. The maximum Gasteiger partial charge on any atom is 0.202 e. The van der Waals surface area contributed by atoms with E-state index in [9.17, 15) is 0 Å². The lowest BCUT2D eigenvalue weighted by Gasteiger charge is -2.23. The zero-order valence-corrected chi connectivity index (χ0v) is 8.20. The second-order valence-corrected chi connectivity index (χ2v) is 3.54. The summed E-state index contributed by atoms with van der Waals surface area (Å²) in [4.78, 5) is 0. The maximum absolute atomic E-state index is 5.56. The first-order valence-electron chi connectivity index (χ1n) is 4.04. The van der Waals surface area contributed by atoms with E-state index in [2.05, 4.69) is 26.1 Å². The van der Waals surface area contributed by atoms with Crippen LogP contribution in [0.3, 0.4) is 0 Å². The lowest BCUT2D eigenvalue weighted by atomic mass is 10.2. The number of hydrogen-bond donors (Lipinski definition) is 0. The van der Waals surface area contributed by atoms with Crippen LogP contribution in [0.1, 0.15) is 25.5 Å². The first-order valence-corrected chi connectivity index (χ1v) is 4.84. The van der Waals surface area contributed by atoms with Gasteiger partial charge in [-0.3, -0.25) is 4.57 Å². The molecule has 1 aromatic heterocycles. The van der Waals surface area contributed by atoms with Gasteiger partial charge < -0.3 is 4.74 Å². The molecule has 12 heavy (non-hydrogen) atoms. The monoisotopic (exact) mass is 231 g/mol. The molecular formula is C7H10BrN3O. The van der Waals surface area contributed by atoms with Gasteiger partial charge in [0.1, 0.15) is 12.6 Å². The third-order valence-corrected chi connectivity index (χ3v) is 2.56. The molecule has 0 N–H and O–H groups in total. The summed E-state index contributed by atoms with van der Waals surface area (Å²) in [6, 6.07) is 0. The van der Waals surface area contributed by atoms with Crippen molar-refractivity contribution < 1.29 is 4.74 Å². The number of halogens is 1. The van der Waals surface area contributed by atoms with Gasteiger partial charge in [0, 0.05) is 6.61 Å². The molecule has 0 saturated carbocycles. The van der Waals surface area contributed by atoms with Crippen molar-refractivity contribution >= 4 is 15.9 Å². The Balaban J connectivity index is 2.13. The fourth-order valence-corrected chi connectivity index (χ4v) is 1.78. The van der Waals surface area contributed by atoms with Crippen LogP contribution in [0.2, 0.25) is 0 Å². The van der Waals surface area contributed by atoms with E-state index in [0.29, 0.717) is 0 Å². The first-order chi connectivity index (χ1) is 5.88. The van der Waals surface area contributed by atoms with Gasteiger partial charge in [-0.2, -0.15) is 0 Å². The van der Waals surface area contributed by atoms with E-state index in [-0.39, 0.29) is 6.23 Å². The fraction of sp³-hybridized carbons (Fsp3) is 0.714. The van der Waals surface area contributed by atoms with Gasteiger partial charge in [0.05, 0.1) is 0 Å². The van der Waals surface area contributed by atoms with E-state index in [1.54, 1.807) is 6.33 Å². The Kier molecular flexibility index (Phi) is 2.41. The standard InChI is InChI=1S/C7H10BrN3O/c8-7-10-9-5-11(7)6-3-1-2-4-12-6/h5-6H,1-4H2. The molecule has 0 amide bonds. The molecule has 4 nitrogen and oxygen atoms in total. The van der Waals surface area contributed by atoms with Crippen LogP contribution < -0.4 is 0 Å². The summed E-state index contributed by atoms with van der Waals surface area (Å²) in [6.07, 6.45) is 5.26. The molecule has 5 heteroatoms. The lowest BCUT2D eigenvalue weighted by Crippen LogP contribution is -2.17. The fourth-order valence-electron chi connectivity index (χ4n) is 1.36. The van der Waals surface area contributed by atoms with Gasteiger partial charge in [-0.05, 0) is 35.2 Å². The average molecular weight is 232 g/mol. The van der Waals surface area contributed by atoms with Gasteiger partial charge in [0.25, 0.3) is 0 Å². The SMILES string of the molecule is Brc1nncn1C1CCCCO1. The summed E-state index contributed by atoms with van der Waals surface area (Å²) in [6.45, 7) is 0.843. The smallest absolute Gasteiger partial charge is 0.202 e. The van der Waals surface area contributed by atoms with Crippen LogP contribution in [-0.2, 0) is 4.74 Å². The largest absolute Gasteiger partial charge is 0.358 e. The molecule has 1 unspecified atom stereocenters. The van der Waals surface area contributed by atoms with Gasteiger partial charge in [-0.15, -0.1) is 10.2 Å². The molecule has 1 saturated heterocycles. The molecule has 1 fully saturated rings. The molecule has 66 valence electrons. The lowest BCUT2D eigenvalue weighted by molar-refractivity contribution is -0.0335. The zero-order valence-electron chi connectivity index (χ0n) is 6.61. The van der Waals surface area contributed by atoms with Crippen LogP contribution in [0.5, 0.6) is 0 Å². The molecule has 1 aliphatic rings. The number of hydrogen-bond acceptors (Lipinski definition) is 3. The van der Waals surface area contributed by atoms with Gasteiger partial charge in [-0.25, -0.2) is 0 Å². The van der Waals surface area contributed by atoms with Crippen molar-refractivity contribution in [3.05, 3.63) is 11.1 Å². The Hall–Kier alpha value is -0.420. The summed E-state index contributed by atoms with van der Waals surface area (Å²) in [7, 11) is 0. The Morgan fingerprint density at radius 2 is 2.50 bits per heavy atom. The highest BCUT2D eigenvalue weighted by Gasteiger charge is 2.17. The van der Waals surface area contributed by atoms with Crippen molar-refractivity contribution in [3.63, 3.8) is 0 Å². The highest BCUT2D eigenvalue weighted by molar-refractivity contribution is 9.10. The van der Waals surface area contributed by atoms with Crippen LogP contribution in [0.25, 0.3) is 0 Å². The summed E-state index contributed by atoms with van der Waals surface area (Å²) >= 11 is 3.31. The van der Waals surface area contributed by atoms with E-state index in [1.165, 1.54) is 6.42 Å². The summed E-state index contributed by atoms with van der Waals surface area (Å²) in [5.41, 5.74) is 0. The molecule has 0 aromatic carbocycles. The second kappa shape index (κ2) is 3.53. The van der Waals surface area contributed by atoms with E-state index in [0.717, 1.165) is 24.2 Å². The van der Waals surface area contributed by atoms with E-state index in [1.807, 2.05) is 4.57 Å². The van der Waals surface area contributed by atoms with Crippen LogP contribution in [-0.4, -0.2) is 21.4 Å². The molecule has 1 atom stereocenters. The Morgan fingerprint density at radius 3 is 3.08 bits per heavy atom. The van der Waals surface area contributed by atoms with Crippen LogP contribution in [0.4, 0.5) is 0 Å². The normalized spacial score (nSPS) is 24.2. The maximum atomic E-state index is 5.56. The molecule has 0 bridgehead atoms. The quantitative estimate of drug-likeness (QED) is 0.740. The summed E-state index contributed by atoms with van der Waals surface area (Å²) < 4.78 is 8.22. The third-order valence-electron chi connectivity index (χ3n) is 2.00. The van der Waals surface area contributed by atoms with Gasteiger partial charge >= 0.3 is 0 Å². The van der Waals surface area contributed by atoms with Gasteiger partial charge in [-0.1, -0.05) is 0 Å². The molecule has 1 aromatic rings. The second-order valence-electron chi connectivity index (χ2n) is 2.83. The topological polar surface area (TPSA) is 39.9 Å². The molecule has 0 aliphatic carbocycles. The highest BCUT2D eigenvalue weighted by atomic mass is 79.9. The summed E-state index contributed by atoms with van der Waals surface area (Å²) in [5, 5.41) is 7.62. The van der Waals surface area contributed by atoms with E-state index < -0.39 is 0 Å². The number of ether oxygens (including phenoxy) is 1. The molecule has 2 rings (SSSR count). The zero-order chi connectivity index (χ0) is 8.39. The van der Waals surface area contributed by atoms with Crippen LogP contribution in [0.15, 0.2) is 11.1 Å². The van der Waals surface area contributed by atoms with Crippen molar-refractivity contribution in [3.8, 4) is 0 Å². The van der Waals surface area contributed by atoms with E-state index >= 15 is 0 Å². The highest BCUT2D eigenvalue weighted by Crippen LogP contribution is 2.24. The van der Waals surface area contributed by atoms with E-state index in [4.69, 9.17) is 4.74 Å². The first kappa shape index (κ1) is 8.19. The predicted molar refractivity (Wildman–Crippen MR) is 46.6 cm³/mol. The molecule has 1 aliphatic heterocycles. The average Bonchev–Trinajstić information content (AvgIpc) is 2.53.